The van der Waals surface area contributed by atoms with E-state index < -0.39 is 12.0 Å². The number of hydrogen-bond donors (Lipinski definition) is 4. The number of halogens is 1. The molecule has 1 aliphatic carbocycles. The summed E-state index contributed by atoms with van der Waals surface area (Å²) in [6.07, 6.45) is 0.913. The molecule has 8 nitrogen and oxygen atoms in total. The molecule has 1 aliphatic heterocycles. The van der Waals surface area contributed by atoms with Gasteiger partial charge in [-0.2, -0.15) is 0 Å². The van der Waals surface area contributed by atoms with Gasteiger partial charge in [0.05, 0.1) is 11.6 Å². The molecule has 2 aliphatic rings. The fraction of sp³-hybridized carbons (Fsp3) is 0.389. The van der Waals surface area contributed by atoms with Gasteiger partial charge >= 0.3 is 6.09 Å². The lowest BCUT2D eigenvalue weighted by molar-refractivity contribution is 0.0851. The Balaban J connectivity index is 1.66. The summed E-state index contributed by atoms with van der Waals surface area (Å²) in [5, 5.41) is 18.8. The van der Waals surface area contributed by atoms with Crippen molar-refractivity contribution in [3.05, 3.63) is 40.8 Å². The molecule has 2 aromatic rings. The molecule has 9 heteroatoms. The van der Waals surface area contributed by atoms with Gasteiger partial charge in [-0.25, -0.2) is 13.9 Å². The molecule has 2 atom stereocenters. The number of nitrogens with two attached hydrogens (primary N) is 1. The molecule has 1 unspecified atom stereocenters. The van der Waals surface area contributed by atoms with E-state index in [1.807, 2.05) is 0 Å². The van der Waals surface area contributed by atoms with Crippen molar-refractivity contribution in [1.82, 2.24) is 15.1 Å². The van der Waals surface area contributed by atoms with Gasteiger partial charge in [0.15, 0.2) is 0 Å². The van der Waals surface area contributed by atoms with E-state index in [1.54, 1.807) is 6.07 Å². The molecule has 5 N–H and O–H groups in total. The van der Waals surface area contributed by atoms with Crippen LogP contribution in [0.5, 0.6) is 0 Å². The maximum Gasteiger partial charge on any atom is 0.404 e. The Morgan fingerprint density at radius 3 is 2.96 bits per heavy atom. The van der Waals surface area contributed by atoms with E-state index in [4.69, 9.17) is 10.8 Å². The standard InChI is InChI=1S/C18H20FN5O3/c19-9-1-3-14-12(7-9)11(5-6-21-14)17(25)24-15-4-2-10(22-18(26)27)8-13(15)16(20)23-24/h1,3,7,10-11,21-22H,2,4-6,8H2,(H2,20,23)(H,26,27)/t10-,11?/m0/s1. The van der Waals surface area contributed by atoms with Crippen molar-refractivity contribution in [1.29, 1.82) is 0 Å². The minimum Gasteiger partial charge on any atom is -0.465 e. The number of rotatable bonds is 2. The zero-order valence-electron chi connectivity index (χ0n) is 14.5. The summed E-state index contributed by atoms with van der Waals surface area (Å²) in [7, 11) is 0. The molecular formula is C18H20FN5O3. The summed E-state index contributed by atoms with van der Waals surface area (Å²) >= 11 is 0. The van der Waals surface area contributed by atoms with Crippen LogP contribution in [0.1, 0.15) is 40.4 Å². The van der Waals surface area contributed by atoms with Crippen LogP contribution in [0.25, 0.3) is 0 Å². The summed E-state index contributed by atoms with van der Waals surface area (Å²) < 4.78 is 15.1. The first kappa shape index (κ1) is 17.3. The van der Waals surface area contributed by atoms with Crippen LogP contribution in [-0.4, -0.2) is 39.5 Å². The number of nitrogens with zero attached hydrogens (tertiary/aromatic N) is 2. The third-order valence-electron chi connectivity index (χ3n) is 5.27. The fourth-order valence-electron chi connectivity index (χ4n) is 4.02. The Morgan fingerprint density at radius 2 is 2.19 bits per heavy atom. The van der Waals surface area contributed by atoms with Crippen LogP contribution < -0.4 is 16.4 Å². The second-order valence-electron chi connectivity index (χ2n) is 6.95. The lowest BCUT2D eigenvalue weighted by atomic mass is 9.89. The zero-order chi connectivity index (χ0) is 19.1. The van der Waals surface area contributed by atoms with E-state index in [2.05, 4.69) is 15.7 Å². The second kappa shape index (κ2) is 6.57. The third kappa shape index (κ3) is 3.09. The summed E-state index contributed by atoms with van der Waals surface area (Å²) in [4.78, 5) is 24.1. The number of fused-ring (bicyclic) bond motifs is 2. The van der Waals surface area contributed by atoms with Crippen LogP contribution in [0, 0.1) is 5.82 Å². The van der Waals surface area contributed by atoms with Gasteiger partial charge in [-0.05, 0) is 49.4 Å². The Morgan fingerprint density at radius 1 is 1.37 bits per heavy atom. The predicted octanol–water partition coefficient (Wildman–Crippen LogP) is 1.97. The van der Waals surface area contributed by atoms with Crippen LogP contribution in [0.3, 0.4) is 0 Å². The molecule has 0 saturated carbocycles. The number of benzene rings is 1. The molecule has 0 spiro atoms. The maximum absolute atomic E-state index is 13.7. The molecule has 2 heterocycles. The van der Waals surface area contributed by atoms with Gasteiger partial charge in [-0.1, -0.05) is 0 Å². The highest BCUT2D eigenvalue weighted by Gasteiger charge is 2.33. The summed E-state index contributed by atoms with van der Waals surface area (Å²) in [5.41, 5.74) is 8.81. The number of hydrogen-bond acceptors (Lipinski definition) is 5. The summed E-state index contributed by atoms with van der Waals surface area (Å²) in [6, 6.07) is 4.14. The van der Waals surface area contributed by atoms with Gasteiger partial charge in [0.1, 0.15) is 11.6 Å². The largest absolute Gasteiger partial charge is 0.465 e. The Bertz CT molecular complexity index is 926. The molecule has 142 valence electrons. The average Bonchev–Trinajstić information content (AvgIpc) is 2.96. The van der Waals surface area contributed by atoms with E-state index in [0.717, 1.165) is 11.4 Å². The second-order valence-corrected chi connectivity index (χ2v) is 6.95. The van der Waals surface area contributed by atoms with E-state index in [1.165, 1.54) is 16.8 Å². The van der Waals surface area contributed by atoms with E-state index in [0.29, 0.717) is 43.4 Å². The Hall–Kier alpha value is -3.10. The number of aromatic nitrogens is 2. The van der Waals surface area contributed by atoms with Crippen molar-refractivity contribution in [2.24, 2.45) is 0 Å². The van der Waals surface area contributed by atoms with Crippen LogP contribution >= 0.6 is 0 Å². The van der Waals surface area contributed by atoms with Crippen molar-refractivity contribution in [3.63, 3.8) is 0 Å². The number of carbonyl (C=O) groups excluding carboxylic acids is 1. The fourth-order valence-corrected chi connectivity index (χ4v) is 4.02. The lowest BCUT2D eigenvalue weighted by Crippen LogP contribution is -2.38. The highest BCUT2D eigenvalue weighted by atomic mass is 19.1. The lowest BCUT2D eigenvalue weighted by Gasteiger charge is -2.27. The molecular weight excluding hydrogens is 353 g/mol. The number of amides is 1. The SMILES string of the molecule is Nc1nn(C(=O)C2CCNc3ccc(F)cc32)c2c1C[C@@H](NC(=O)O)CC2. The molecule has 1 amide bonds. The van der Waals surface area contributed by atoms with Gasteiger partial charge in [-0.3, -0.25) is 4.79 Å². The van der Waals surface area contributed by atoms with Gasteiger partial charge in [0, 0.05) is 23.8 Å². The molecule has 1 aromatic heterocycles. The Labute approximate surface area is 154 Å². The number of nitrogen functional groups attached to an aromatic ring is 1. The number of carboxylic acid groups (broad SMARTS) is 1. The van der Waals surface area contributed by atoms with E-state index >= 15 is 0 Å². The van der Waals surface area contributed by atoms with E-state index in [9.17, 15) is 14.0 Å². The molecule has 1 aromatic carbocycles. The molecule has 0 fully saturated rings. The van der Waals surface area contributed by atoms with Crippen molar-refractivity contribution < 1.29 is 19.1 Å². The average molecular weight is 373 g/mol. The van der Waals surface area contributed by atoms with Crippen molar-refractivity contribution in [2.75, 3.05) is 17.6 Å². The van der Waals surface area contributed by atoms with Crippen LogP contribution in [0.4, 0.5) is 20.7 Å². The van der Waals surface area contributed by atoms with Crippen molar-refractivity contribution in [2.45, 2.75) is 37.6 Å². The molecule has 27 heavy (non-hydrogen) atoms. The molecule has 0 radical (unpaired) electrons. The summed E-state index contributed by atoms with van der Waals surface area (Å²) in [5.74, 6) is -0.889. The van der Waals surface area contributed by atoms with Gasteiger partial charge in [-0.15, -0.1) is 5.10 Å². The topological polar surface area (TPSA) is 122 Å². The van der Waals surface area contributed by atoms with Crippen LogP contribution in [0.15, 0.2) is 18.2 Å². The highest BCUT2D eigenvalue weighted by Crippen LogP contribution is 2.35. The number of anilines is 2. The molecule has 4 rings (SSSR count). The minimum absolute atomic E-state index is 0.235. The first-order valence-corrected chi connectivity index (χ1v) is 8.87. The van der Waals surface area contributed by atoms with Crippen molar-refractivity contribution in [3.8, 4) is 0 Å². The zero-order valence-corrected chi connectivity index (χ0v) is 14.5. The number of nitrogens with one attached hydrogen (secondary N) is 2. The third-order valence-corrected chi connectivity index (χ3v) is 5.27. The first-order valence-electron chi connectivity index (χ1n) is 8.87. The predicted molar refractivity (Wildman–Crippen MR) is 96.5 cm³/mol. The van der Waals surface area contributed by atoms with Gasteiger partial charge in [0.2, 0.25) is 0 Å². The van der Waals surface area contributed by atoms with Crippen molar-refractivity contribution >= 4 is 23.5 Å². The van der Waals surface area contributed by atoms with Gasteiger partial charge < -0.3 is 21.5 Å². The normalized spacial score (nSPS) is 20.9. The highest BCUT2D eigenvalue weighted by molar-refractivity contribution is 5.89. The summed E-state index contributed by atoms with van der Waals surface area (Å²) in [6.45, 7) is 0.610. The van der Waals surface area contributed by atoms with E-state index in [-0.39, 0.29) is 23.6 Å². The smallest absolute Gasteiger partial charge is 0.404 e. The Kier molecular flexibility index (Phi) is 4.21. The molecule has 0 saturated heterocycles. The molecule has 0 bridgehead atoms. The first-order chi connectivity index (χ1) is 12.9. The van der Waals surface area contributed by atoms with Crippen LogP contribution in [-0.2, 0) is 12.8 Å². The maximum atomic E-state index is 13.7. The minimum atomic E-state index is -1.08. The van der Waals surface area contributed by atoms with Gasteiger partial charge in [0.25, 0.3) is 5.91 Å². The monoisotopic (exact) mass is 373 g/mol. The number of carbonyl (C=O) groups is 2. The van der Waals surface area contributed by atoms with Crippen LogP contribution in [0.2, 0.25) is 0 Å². The quantitative estimate of drug-likeness (QED) is 0.638.